The molecule has 1 atom stereocenters. The lowest BCUT2D eigenvalue weighted by Gasteiger charge is -2.04. The number of nitrogens with one attached hydrogen (secondary N) is 1. The molecule has 0 saturated heterocycles. The molecule has 2 aromatic rings. The molecule has 5 heteroatoms. The van der Waals surface area contributed by atoms with Gasteiger partial charge in [-0.2, -0.15) is 0 Å². The average molecular weight is 343 g/mol. The van der Waals surface area contributed by atoms with Crippen LogP contribution < -0.4 is 5.73 Å². The van der Waals surface area contributed by atoms with Gasteiger partial charge in [-0.3, -0.25) is 4.79 Å². The van der Waals surface area contributed by atoms with Gasteiger partial charge in [-0.25, -0.2) is 0 Å². The number of fused-ring (bicyclic) bond motifs is 1. The minimum absolute atomic E-state index is 0.330. The molecule has 4 nitrogen and oxygen atoms in total. The Morgan fingerprint density at radius 3 is 2.50 bits per heavy atom. The van der Waals surface area contributed by atoms with Crippen LogP contribution in [0.4, 0.5) is 0 Å². The number of carboxylic acids is 1. The number of H-pyrrole nitrogens is 1. The molecule has 1 aromatic carbocycles. The van der Waals surface area contributed by atoms with Gasteiger partial charge in [-0.15, -0.1) is 0 Å². The molecule has 0 aliphatic rings. The van der Waals surface area contributed by atoms with E-state index in [1.807, 2.05) is 45.9 Å². The number of halogens is 1. The van der Waals surface area contributed by atoms with Gasteiger partial charge in [-0.1, -0.05) is 49.7 Å². The van der Waals surface area contributed by atoms with Gasteiger partial charge < -0.3 is 15.8 Å². The molecule has 0 aliphatic heterocycles. The molecule has 0 bridgehead atoms. The molecule has 2 rings (SSSR count). The Morgan fingerprint density at radius 2 is 1.95 bits per heavy atom. The second-order valence-corrected chi connectivity index (χ2v) is 4.57. The Bertz CT molecular complexity index is 538. The van der Waals surface area contributed by atoms with Crippen LogP contribution in [0.25, 0.3) is 10.9 Å². The molecule has 1 aromatic heterocycles. The topological polar surface area (TPSA) is 79.1 Å². The van der Waals surface area contributed by atoms with Gasteiger partial charge in [-0.05, 0) is 17.7 Å². The average Bonchev–Trinajstić information content (AvgIpc) is 2.85. The van der Waals surface area contributed by atoms with E-state index in [2.05, 4.69) is 20.9 Å². The number of aliphatic carboxylic acids is 1. The predicted octanol–water partition coefficient (Wildman–Crippen LogP) is 3.94. The Balaban J connectivity index is 0.000000829. The van der Waals surface area contributed by atoms with Crippen molar-refractivity contribution in [2.24, 2.45) is 5.73 Å². The summed E-state index contributed by atoms with van der Waals surface area (Å²) in [5, 5.41) is 9.77. The first-order valence-corrected chi connectivity index (χ1v) is 7.61. The molecule has 0 aliphatic carbocycles. The summed E-state index contributed by atoms with van der Waals surface area (Å²) in [4.78, 5) is 13.8. The highest BCUT2D eigenvalue weighted by molar-refractivity contribution is 9.10. The molecule has 1 unspecified atom stereocenters. The van der Waals surface area contributed by atoms with Crippen LogP contribution in [-0.2, 0) is 11.2 Å². The second-order valence-electron chi connectivity index (χ2n) is 3.65. The molecule has 0 spiro atoms. The van der Waals surface area contributed by atoms with Crippen LogP contribution in [0.1, 0.15) is 33.3 Å². The molecular formula is C15H23BrN2O2. The fourth-order valence-corrected chi connectivity index (χ4v) is 2.01. The predicted molar refractivity (Wildman–Crippen MR) is 88.0 cm³/mol. The van der Waals surface area contributed by atoms with E-state index >= 15 is 0 Å². The van der Waals surface area contributed by atoms with Gasteiger partial charge in [0, 0.05) is 28.0 Å². The smallest absolute Gasteiger partial charge is 0.320 e. The molecule has 0 saturated carbocycles. The Morgan fingerprint density at radius 1 is 1.35 bits per heavy atom. The maximum absolute atomic E-state index is 10.7. The summed E-state index contributed by atoms with van der Waals surface area (Å²) in [6.07, 6.45) is 2.14. The summed E-state index contributed by atoms with van der Waals surface area (Å²) in [7, 11) is 0. The zero-order valence-corrected chi connectivity index (χ0v) is 14.0. The van der Waals surface area contributed by atoms with Crippen molar-refractivity contribution in [3.05, 3.63) is 34.4 Å². The second kappa shape index (κ2) is 9.55. The third kappa shape index (κ3) is 4.98. The first-order chi connectivity index (χ1) is 9.58. The van der Waals surface area contributed by atoms with E-state index in [0.717, 1.165) is 20.9 Å². The van der Waals surface area contributed by atoms with Crippen LogP contribution in [0.5, 0.6) is 0 Å². The van der Waals surface area contributed by atoms with Crippen LogP contribution >= 0.6 is 15.9 Å². The standard InChI is InChI=1S/C11H11BrN2O2.2C2H6/c12-7-1-2-8-6(3-9(13)11(15)16)5-14-10(8)4-7;2*1-2/h1-2,4-5,9,14H,3,13H2,(H,15,16);2*1-2H3. The number of rotatable bonds is 3. The third-order valence-corrected chi connectivity index (χ3v) is 2.98. The van der Waals surface area contributed by atoms with Crippen LogP contribution in [0, 0.1) is 0 Å². The molecule has 112 valence electrons. The van der Waals surface area contributed by atoms with Crippen LogP contribution in [-0.4, -0.2) is 22.1 Å². The lowest BCUT2D eigenvalue weighted by molar-refractivity contribution is -0.138. The highest BCUT2D eigenvalue weighted by atomic mass is 79.9. The van der Waals surface area contributed by atoms with Crippen molar-refractivity contribution in [1.82, 2.24) is 4.98 Å². The quantitative estimate of drug-likeness (QED) is 0.790. The molecule has 0 radical (unpaired) electrons. The number of aromatic amines is 1. The number of hydrogen-bond donors (Lipinski definition) is 3. The van der Waals surface area contributed by atoms with Crippen molar-refractivity contribution in [2.45, 2.75) is 40.2 Å². The fourth-order valence-electron chi connectivity index (χ4n) is 1.65. The maximum Gasteiger partial charge on any atom is 0.320 e. The molecule has 20 heavy (non-hydrogen) atoms. The largest absolute Gasteiger partial charge is 0.480 e. The summed E-state index contributed by atoms with van der Waals surface area (Å²) in [6.45, 7) is 8.00. The maximum atomic E-state index is 10.7. The first-order valence-electron chi connectivity index (χ1n) is 6.82. The zero-order valence-electron chi connectivity index (χ0n) is 12.4. The Labute approximate surface area is 128 Å². The van der Waals surface area contributed by atoms with Gasteiger partial charge in [0.05, 0.1) is 0 Å². The van der Waals surface area contributed by atoms with Gasteiger partial charge in [0.15, 0.2) is 0 Å². The van der Waals surface area contributed by atoms with Crippen molar-refractivity contribution >= 4 is 32.8 Å². The normalized spacial score (nSPS) is 10.9. The van der Waals surface area contributed by atoms with Crippen LogP contribution in [0.3, 0.4) is 0 Å². The van der Waals surface area contributed by atoms with Crippen LogP contribution in [0.15, 0.2) is 28.9 Å². The molecule has 0 fully saturated rings. The number of carbonyl (C=O) groups is 1. The summed E-state index contributed by atoms with van der Waals surface area (Å²) in [6, 6.07) is 4.96. The van der Waals surface area contributed by atoms with E-state index in [1.54, 1.807) is 6.20 Å². The molecule has 4 N–H and O–H groups in total. The van der Waals surface area contributed by atoms with E-state index in [9.17, 15) is 4.79 Å². The van der Waals surface area contributed by atoms with Crippen molar-refractivity contribution in [2.75, 3.05) is 0 Å². The molecule has 1 heterocycles. The van der Waals surface area contributed by atoms with Crippen molar-refractivity contribution < 1.29 is 9.90 Å². The SMILES string of the molecule is CC.CC.NC(Cc1c[nH]c2cc(Br)ccc12)C(=O)O. The van der Waals surface area contributed by atoms with Crippen molar-refractivity contribution in [3.8, 4) is 0 Å². The zero-order chi connectivity index (χ0) is 15.7. The van der Waals surface area contributed by atoms with Crippen molar-refractivity contribution in [3.63, 3.8) is 0 Å². The van der Waals surface area contributed by atoms with E-state index < -0.39 is 12.0 Å². The number of carboxylic acid groups (broad SMARTS) is 1. The van der Waals surface area contributed by atoms with Crippen molar-refractivity contribution in [1.29, 1.82) is 0 Å². The van der Waals surface area contributed by atoms with E-state index in [0.29, 0.717) is 6.42 Å². The number of hydrogen-bond acceptors (Lipinski definition) is 2. The summed E-state index contributed by atoms with van der Waals surface area (Å²) >= 11 is 3.38. The third-order valence-electron chi connectivity index (χ3n) is 2.49. The van der Waals surface area contributed by atoms with Gasteiger partial charge in [0.1, 0.15) is 6.04 Å². The number of nitrogens with two attached hydrogens (primary N) is 1. The lowest BCUT2D eigenvalue weighted by atomic mass is 10.1. The van der Waals surface area contributed by atoms with E-state index in [1.165, 1.54) is 0 Å². The number of aromatic nitrogens is 1. The highest BCUT2D eigenvalue weighted by Crippen LogP contribution is 2.23. The Kier molecular flexibility index (Phi) is 8.92. The van der Waals surface area contributed by atoms with E-state index in [-0.39, 0.29) is 0 Å². The lowest BCUT2D eigenvalue weighted by Crippen LogP contribution is -2.32. The minimum atomic E-state index is -0.980. The minimum Gasteiger partial charge on any atom is -0.480 e. The number of benzene rings is 1. The van der Waals surface area contributed by atoms with Gasteiger partial charge in [0.25, 0.3) is 0 Å². The van der Waals surface area contributed by atoms with Gasteiger partial charge >= 0.3 is 5.97 Å². The molecule has 0 amide bonds. The highest BCUT2D eigenvalue weighted by Gasteiger charge is 2.14. The fraction of sp³-hybridized carbons (Fsp3) is 0.400. The van der Waals surface area contributed by atoms with Crippen LogP contribution in [0.2, 0.25) is 0 Å². The summed E-state index contributed by atoms with van der Waals surface area (Å²) in [5.74, 6) is -0.980. The Hall–Kier alpha value is -1.33. The van der Waals surface area contributed by atoms with Gasteiger partial charge in [0.2, 0.25) is 0 Å². The summed E-state index contributed by atoms with van der Waals surface area (Å²) in [5.41, 5.74) is 7.41. The molecular weight excluding hydrogens is 320 g/mol. The monoisotopic (exact) mass is 342 g/mol. The summed E-state index contributed by atoms with van der Waals surface area (Å²) < 4.78 is 0.982. The first kappa shape index (κ1) is 18.7. The van der Waals surface area contributed by atoms with E-state index in [4.69, 9.17) is 10.8 Å².